The molecule has 3 unspecified atom stereocenters. The number of ether oxygens (including phenoxy) is 1. The minimum atomic E-state index is -1.10. The van der Waals surface area contributed by atoms with Gasteiger partial charge in [-0.15, -0.1) is 11.3 Å². The molecule has 0 bridgehead atoms. The minimum Gasteiger partial charge on any atom is -0.368 e. The molecule has 2 heterocycles. The third-order valence-corrected chi connectivity index (χ3v) is 6.22. The largest absolute Gasteiger partial charge is 0.368 e. The van der Waals surface area contributed by atoms with E-state index in [-0.39, 0.29) is 24.0 Å². The van der Waals surface area contributed by atoms with E-state index in [9.17, 15) is 14.4 Å². The molecule has 2 amide bonds. The van der Waals surface area contributed by atoms with Crippen LogP contribution < -0.4 is 10.6 Å². The van der Waals surface area contributed by atoms with Crippen molar-refractivity contribution in [3.63, 3.8) is 0 Å². The van der Waals surface area contributed by atoms with Gasteiger partial charge in [0, 0.05) is 10.9 Å². The molecule has 160 valence electrons. The maximum atomic E-state index is 13.0. The number of carbonyl (C=O) groups excluding carboxylic acids is 3. The predicted octanol–water partition coefficient (Wildman–Crippen LogP) is 2.82. The number of amides is 2. The molecule has 3 atom stereocenters. The molecule has 7 nitrogen and oxygen atoms in total. The van der Waals surface area contributed by atoms with E-state index in [0.29, 0.717) is 6.42 Å². The Morgan fingerprint density at radius 3 is 2.60 bits per heavy atom. The summed E-state index contributed by atoms with van der Waals surface area (Å²) in [7, 11) is 0. The topological polar surface area (TPSA) is 97.4 Å². The first kappa shape index (κ1) is 22.1. The number of thiazole rings is 1. The lowest BCUT2D eigenvalue weighted by molar-refractivity contribution is -0.130. The maximum Gasteiger partial charge on any atom is 0.271 e. The van der Waals surface area contributed by atoms with Crippen molar-refractivity contribution in [3.05, 3.63) is 41.4 Å². The van der Waals surface area contributed by atoms with E-state index < -0.39 is 29.5 Å². The van der Waals surface area contributed by atoms with Gasteiger partial charge in [-0.05, 0) is 26.2 Å². The van der Waals surface area contributed by atoms with Gasteiger partial charge in [-0.2, -0.15) is 0 Å². The van der Waals surface area contributed by atoms with Crippen LogP contribution in [-0.2, 0) is 14.3 Å². The molecule has 0 saturated carbocycles. The second-order valence-corrected chi connectivity index (χ2v) is 8.99. The maximum absolute atomic E-state index is 13.0. The van der Waals surface area contributed by atoms with Gasteiger partial charge in [0.05, 0.1) is 6.10 Å². The third kappa shape index (κ3) is 4.76. The van der Waals surface area contributed by atoms with Gasteiger partial charge in [0.25, 0.3) is 5.91 Å². The van der Waals surface area contributed by atoms with E-state index in [2.05, 4.69) is 15.6 Å². The van der Waals surface area contributed by atoms with Crippen molar-refractivity contribution in [2.24, 2.45) is 5.92 Å². The highest BCUT2D eigenvalue weighted by Crippen LogP contribution is 2.24. The van der Waals surface area contributed by atoms with Gasteiger partial charge < -0.3 is 15.4 Å². The fraction of sp³-hybridized carbons (Fsp3) is 0.455. The van der Waals surface area contributed by atoms with Gasteiger partial charge >= 0.3 is 0 Å². The van der Waals surface area contributed by atoms with Crippen molar-refractivity contribution < 1.29 is 19.1 Å². The van der Waals surface area contributed by atoms with Crippen molar-refractivity contribution in [1.82, 2.24) is 15.6 Å². The standard InChI is InChI=1S/C22H27N3O4S/c1-13(2)10-16(20(28)25-22(4)14(3)29-11-18(22)26)23-19(27)17-12-30-21(24-17)15-8-6-5-7-9-15/h5-9,12-14,16H,10-11H2,1-4H3,(H,23,27)(H,25,28). The van der Waals surface area contributed by atoms with Crippen molar-refractivity contribution in [1.29, 1.82) is 0 Å². The Balaban J connectivity index is 1.73. The minimum absolute atomic E-state index is 0.0275. The summed E-state index contributed by atoms with van der Waals surface area (Å²) < 4.78 is 5.38. The number of nitrogens with one attached hydrogen (secondary N) is 2. The summed E-state index contributed by atoms with van der Waals surface area (Å²) >= 11 is 1.37. The van der Waals surface area contributed by atoms with Crippen LogP contribution in [0.4, 0.5) is 0 Å². The van der Waals surface area contributed by atoms with Gasteiger partial charge in [-0.3, -0.25) is 14.4 Å². The van der Waals surface area contributed by atoms with Crippen molar-refractivity contribution in [2.75, 3.05) is 6.61 Å². The molecule has 1 saturated heterocycles. The Bertz CT molecular complexity index is 927. The van der Waals surface area contributed by atoms with E-state index in [1.807, 2.05) is 44.2 Å². The fourth-order valence-electron chi connectivity index (χ4n) is 3.28. The van der Waals surface area contributed by atoms with Crippen LogP contribution in [-0.4, -0.2) is 46.9 Å². The van der Waals surface area contributed by atoms with Crippen molar-refractivity contribution in [2.45, 2.75) is 51.8 Å². The van der Waals surface area contributed by atoms with E-state index in [1.165, 1.54) is 11.3 Å². The number of hydrogen-bond acceptors (Lipinski definition) is 6. The normalized spacial score (nSPS) is 22.2. The molecule has 1 aliphatic rings. The van der Waals surface area contributed by atoms with Gasteiger partial charge in [-0.1, -0.05) is 44.2 Å². The SMILES string of the molecule is CC(C)CC(NC(=O)c1csc(-c2ccccc2)n1)C(=O)NC1(C)C(=O)COC1C. The van der Waals surface area contributed by atoms with Crippen LogP contribution in [0.1, 0.15) is 44.6 Å². The molecule has 0 radical (unpaired) electrons. The Hall–Kier alpha value is -2.58. The van der Waals surface area contributed by atoms with Gasteiger partial charge in [0.2, 0.25) is 5.91 Å². The molecular weight excluding hydrogens is 402 g/mol. The lowest BCUT2D eigenvalue weighted by Crippen LogP contribution is -2.60. The number of ketones is 1. The van der Waals surface area contributed by atoms with E-state index in [0.717, 1.165) is 10.6 Å². The van der Waals surface area contributed by atoms with E-state index >= 15 is 0 Å². The van der Waals surface area contributed by atoms with Crippen LogP contribution in [0.15, 0.2) is 35.7 Å². The zero-order valence-corrected chi connectivity index (χ0v) is 18.4. The monoisotopic (exact) mass is 429 g/mol. The zero-order chi connectivity index (χ0) is 21.9. The quantitative estimate of drug-likeness (QED) is 0.705. The summed E-state index contributed by atoms with van der Waals surface area (Å²) in [4.78, 5) is 42.4. The number of nitrogens with zero attached hydrogens (tertiary/aromatic N) is 1. The molecule has 2 N–H and O–H groups in total. The van der Waals surface area contributed by atoms with Gasteiger partial charge in [-0.25, -0.2) is 4.98 Å². The highest BCUT2D eigenvalue weighted by atomic mass is 32.1. The van der Waals surface area contributed by atoms with Crippen LogP contribution in [0.2, 0.25) is 0 Å². The molecular formula is C22H27N3O4S. The average Bonchev–Trinajstić information content (AvgIpc) is 3.29. The van der Waals surface area contributed by atoms with Gasteiger partial charge in [0.15, 0.2) is 5.78 Å². The summed E-state index contributed by atoms with van der Waals surface area (Å²) in [5.41, 5.74) is 0.0953. The first-order valence-corrected chi connectivity index (χ1v) is 10.9. The van der Waals surface area contributed by atoms with Crippen LogP contribution in [0.5, 0.6) is 0 Å². The number of carbonyl (C=O) groups is 3. The Labute approximate surface area is 180 Å². The molecule has 1 aliphatic heterocycles. The summed E-state index contributed by atoms with van der Waals surface area (Å²) in [6.45, 7) is 7.32. The molecule has 30 heavy (non-hydrogen) atoms. The molecule has 0 aliphatic carbocycles. The molecule has 1 fully saturated rings. The molecule has 0 spiro atoms. The number of aromatic nitrogens is 1. The van der Waals surface area contributed by atoms with E-state index in [1.54, 1.807) is 19.2 Å². The lowest BCUT2D eigenvalue weighted by Gasteiger charge is -2.30. The molecule has 1 aromatic heterocycles. The predicted molar refractivity (Wildman–Crippen MR) is 115 cm³/mol. The number of rotatable bonds is 7. The summed E-state index contributed by atoms with van der Waals surface area (Å²) in [6.07, 6.45) is 0.00330. The Kier molecular flexibility index (Phi) is 6.67. The lowest BCUT2D eigenvalue weighted by atomic mass is 9.92. The second-order valence-electron chi connectivity index (χ2n) is 8.13. The number of hydrogen-bond donors (Lipinski definition) is 2. The first-order valence-electron chi connectivity index (χ1n) is 9.99. The van der Waals surface area contributed by atoms with Crippen molar-refractivity contribution >= 4 is 28.9 Å². The molecule has 8 heteroatoms. The Morgan fingerprint density at radius 1 is 1.30 bits per heavy atom. The number of benzene rings is 1. The molecule has 2 aromatic rings. The van der Waals surface area contributed by atoms with Gasteiger partial charge in [0.1, 0.15) is 28.9 Å². The summed E-state index contributed by atoms with van der Waals surface area (Å²) in [5, 5.41) is 8.01. The highest BCUT2D eigenvalue weighted by molar-refractivity contribution is 7.13. The van der Waals surface area contributed by atoms with Crippen LogP contribution in [0.25, 0.3) is 10.6 Å². The smallest absolute Gasteiger partial charge is 0.271 e. The second kappa shape index (κ2) is 9.06. The third-order valence-electron chi connectivity index (χ3n) is 5.33. The first-order chi connectivity index (χ1) is 14.2. The van der Waals surface area contributed by atoms with Crippen LogP contribution >= 0.6 is 11.3 Å². The average molecular weight is 430 g/mol. The zero-order valence-electron chi connectivity index (χ0n) is 17.6. The summed E-state index contributed by atoms with van der Waals surface area (Å²) in [6, 6.07) is 8.82. The van der Waals surface area contributed by atoms with Crippen LogP contribution in [0.3, 0.4) is 0 Å². The highest BCUT2D eigenvalue weighted by Gasteiger charge is 2.47. The number of Topliss-reactive ketones (excluding diaryl/α,β-unsaturated/α-hetero) is 1. The molecule has 3 rings (SSSR count). The molecule has 1 aromatic carbocycles. The fourth-order valence-corrected chi connectivity index (χ4v) is 4.09. The van der Waals surface area contributed by atoms with Crippen LogP contribution in [0, 0.1) is 5.92 Å². The summed E-state index contributed by atoms with van der Waals surface area (Å²) in [5.74, 6) is -0.827. The Morgan fingerprint density at radius 2 is 2.00 bits per heavy atom. The van der Waals surface area contributed by atoms with E-state index in [4.69, 9.17) is 4.74 Å². The van der Waals surface area contributed by atoms with Crippen molar-refractivity contribution in [3.8, 4) is 10.6 Å².